The number of anilines is 1. The molecule has 0 aliphatic carbocycles. The van der Waals surface area contributed by atoms with Crippen LogP contribution in [0.25, 0.3) is 21.8 Å². The summed E-state index contributed by atoms with van der Waals surface area (Å²) in [5, 5.41) is 12.8. The van der Waals surface area contributed by atoms with Gasteiger partial charge < -0.3 is 15.0 Å². The molecule has 5 rings (SSSR count). The average molecular weight is 552 g/mol. The van der Waals surface area contributed by atoms with Crippen LogP contribution in [0.15, 0.2) is 95.0 Å². The summed E-state index contributed by atoms with van der Waals surface area (Å²) < 4.78 is 5.26. The summed E-state index contributed by atoms with van der Waals surface area (Å²) in [5.41, 5.74) is 2.86. The molecule has 0 radical (unpaired) electrons. The van der Waals surface area contributed by atoms with Crippen LogP contribution in [0.3, 0.4) is 0 Å². The van der Waals surface area contributed by atoms with Crippen LogP contribution in [0.4, 0.5) is 5.69 Å². The van der Waals surface area contributed by atoms with Crippen LogP contribution >= 0.6 is 23.1 Å². The van der Waals surface area contributed by atoms with E-state index < -0.39 is 5.56 Å². The van der Waals surface area contributed by atoms with Gasteiger partial charge in [0.2, 0.25) is 0 Å². The molecule has 10 heteroatoms. The summed E-state index contributed by atoms with van der Waals surface area (Å²) in [4.78, 5) is 38.4. The van der Waals surface area contributed by atoms with Gasteiger partial charge in [-0.25, -0.2) is 4.98 Å². The Hall–Kier alpha value is -4.72. The van der Waals surface area contributed by atoms with Gasteiger partial charge in [0.05, 0.1) is 28.3 Å². The van der Waals surface area contributed by atoms with E-state index in [1.54, 1.807) is 43.6 Å². The minimum atomic E-state index is -0.495. The van der Waals surface area contributed by atoms with Crippen molar-refractivity contribution in [1.29, 1.82) is 5.26 Å². The van der Waals surface area contributed by atoms with Crippen molar-refractivity contribution in [2.45, 2.75) is 10.9 Å². The van der Waals surface area contributed by atoms with Crippen molar-refractivity contribution in [3.63, 3.8) is 0 Å². The van der Waals surface area contributed by atoms with Crippen molar-refractivity contribution < 1.29 is 9.53 Å². The third-order valence-electron chi connectivity index (χ3n) is 5.69. The van der Waals surface area contributed by atoms with Gasteiger partial charge in [0, 0.05) is 23.2 Å². The van der Waals surface area contributed by atoms with Crippen molar-refractivity contribution in [3.05, 3.63) is 111 Å². The highest BCUT2D eigenvalue weighted by atomic mass is 32.2. The van der Waals surface area contributed by atoms with Gasteiger partial charge >= 0.3 is 0 Å². The Kier molecular flexibility index (Phi) is 7.82. The van der Waals surface area contributed by atoms with Crippen LogP contribution in [0.1, 0.15) is 20.8 Å². The molecule has 192 valence electrons. The fraction of sp³-hybridized carbons (Fsp3) is 0.0690. The molecule has 0 saturated carbocycles. The number of benzene rings is 2. The van der Waals surface area contributed by atoms with Crippen LogP contribution in [-0.4, -0.2) is 28.0 Å². The maximum atomic E-state index is 12.7. The predicted molar refractivity (Wildman–Crippen MR) is 153 cm³/mol. The second kappa shape index (κ2) is 11.8. The maximum Gasteiger partial charge on any atom is 0.270 e. The molecule has 1 amide bonds. The molecule has 0 unspecified atom stereocenters. The summed E-state index contributed by atoms with van der Waals surface area (Å²) in [6.45, 7) is 0. The summed E-state index contributed by atoms with van der Waals surface area (Å²) in [7, 11) is 1.55. The van der Waals surface area contributed by atoms with Crippen molar-refractivity contribution in [2.24, 2.45) is 0 Å². The molecule has 0 spiro atoms. The quantitative estimate of drug-likeness (QED) is 0.180. The van der Waals surface area contributed by atoms with Gasteiger partial charge in [-0.15, -0.1) is 11.3 Å². The minimum absolute atomic E-state index is 0.0504. The normalized spacial score (nSPS) is 10.6. The van der Waals surface area contributed by atoms with Crippen LogP contribution in [-0.2, 0) is 5.75 Å². The molecule has 0 aliphatic heterocycles. The minimum Gasteiger partial charge on any atom is -0.497 e. The Labute approximate surface area is 232 Å². The monoisotopic (exact) mass is 551 g/mol. The Morgan fingerprint density at radius 3 is 2.69 bits per heavy atom. The molecule has 5 aromatic rings. The SMILES string of the molecule is COc1cccc(-c2nc(SCc3ccc(NC(=O)c4ccc(-c5ccccn5)s4)cc3)[nH]c(=O)c2C#N)c1. The number of aromatic nitrogens is 3. The average Bonchev–Trinajstić information content (AvgIpc) is 3.48. The third kappa shape index (κ3) is 6.06. The summed E-state index contributed by atoms with van der Waals surface area (Å²) in [6, 6.07) is 25.9. The molecule has 2 N–H and O–H groups in total. The molecule has 3 heterocycles. The van der Waals surface area contributed by atoms with Gasteiger partial charge in [0.25, 0.3) is 11.5 Å². The molecule has 0 aliphatic rings. The van der Waals surface area contributed by atoms with E-state index in [1.807, 2.05) is 54.6 Å². The van der Waals surface area contributed by atoms with Crippen molar-refractivity contribution in [1.82, 2.24) is 15.0 Å². The fourth-order valence-corrected chi connectivity index (χ4v) is 5.43. The molecule has 0 fully saturated rings. The van der Waals surface area contributed by atoms with E-state index in [4.69, 9.17) is 4.74 Å². The largest absolute Gasteiger partial charge is 0.497 e. The van der Waals surface area contributed by atoms with E-state index in [0.29, 0.717) is 38.5 Å². The highest BCUT2D eigenvalue weighted by Gasteiger charge is 2.15. The number of hydrogen-bond donors (Lipinski definition) is 2. The number of carbonyl (C=O) groups is 1. The number of methoxy groups -OCH3 is 1. The van der Waals surface area contributed by atoms with Crippen LogP contribution < -0.4 is 15.6 Å². The second-order valence-electron chi connectivity index (χ2n) is 8.26. The number of H-pyrrole nitrogens is 1. The first-order valence-electron chi connectivity index (χ1n) is 11.8. The third-order valence-corrected chi connectivity index (χ3v) is 7.74. The standard InChI is InChI=1S/C29H21N5O3S2/c1-37-21-6-4-5-19(15-21)26-22(16-30)27(35)34-29(33-26)38-17-18-8-10-20(11-9-18)32-28(36)25-13-12-24(39-25)23-7-2-3-14-31-23/h2-15H,17H2,1H3,(H,32,36)(H,33,34,35). The first-order valence-corrected chi connectivity index (χ1v) is 13.6. The number of hydrogen-bond acceptors (Lipinski definition) is 8. The van der Waals surface area contributed by atoms with E-state index in [-0.39, 0.29) is 11.5 Å². The van der Waals surface area contributed by atoms with E-state index in [2.05, 4.69) is 20.3 Å². The number of pyridine rings is 1. The Balaban J connectivity index is 1.25. The van der Waals surface area contributed by atoms with Gasteiger partial charge in [-0.05, 0) is 54.1 Å². The molecule has 39 heavy (non-hydrogen) atoms. The summed E-state index contributed by atoms with van der Waals surface area (Å²) >= 11 is 2.73. The van der Waals surface area contributed by atoms with Crippen molar-refractivity contribution >= 4 is 34.7 Å². The number of nitrogens with one attached hydrogen (secondary N) is 2. The number of aromatic amines is 1. The zero-order chi connectivity index (χ0) is 27.2. The molecule has 0 atom stereocenters. The lowest BCUT2D eigenvalue weighted by molar-refractivity contribution is 0.103. The number of amides is 1. The van der Waals surface area contributed by atoms with E-state index in [0.717, 1.165) is 16.1 Å². The molecule has 0 bridgehead atoms. The van der Waals surface area contributed by atoms with Gasteiger partial charge in [-0.3, -0.25) is 14.6 Å². The first-order chi connectivity index (χ1) is 19.0. The molecule has 2 aromatic carbocycles. The molecule has 3 aromatic heterocycles. The number of rotatable bonds is 8. The van der Waals surface area contributed by atoms with E-state index in [1.165, 1.54) is 23.1 Å². The summed E-state index contributed by atoms with van der Waals surface area (Å²) in [6.07, 6.45) is 1.73. The zero-order valence-corrected chi connectivity index (χ0v) is 22.3. The number of carbonyl (C=O) groups excluding carboxylic acids is 1. The van der Waals surface area contributed by atoms with E-state index in [9.17, 15) is 14.9 Å². The summed E-state index contributed by atoms with van der Waals surface area (Å²) in [5.74, 6) is 0.945. The highest BCUT2D eigenvalue weighted by Crippen LogP contribution is 2.28. The van der Waals surface area contributed by atoms with Gasteiger partial charge in [-0.1, -0.05) is 42.1 Å². The van der Waals surface area contributed by atoms with Gasteiger partial charge in [0.15, 0.2) is 5.16 Å². The Bertz CT molecular complexity index is 1720. The van der Waals surface area contributed by atoms with Gasteiger partial charge in [-0.2, -0.15) is 5.26 Å². The number of thiophene rings is 1. The molecule has 0 saturated heterocycles. The van der Waals surface area contributed by atoms with Crippen molar-refractivity contribution in [3.8, 4) is 33.6 Å². The molecule has 8 nitrogen and oxygen atoms in total. The zero-order valence-electron chi connectivity index (χ0n) is 20.7. The van der Waals surface area contributed by atoms with E-state index >= 15 is 0 Å². The highest BCUT2D eigenvalue weighted by molar-refractivity contribution is 7.98. The molecular weight excluding hydrogens is 530 g/mol. The lowest BCUT2D eigenvalue weighted by Gasteiger charge is -2.08. The Morgan fingerprint density at radius 2 is 1.95 bits per heavy atom. The number of ether oxygens (including phenoxy) is 1. The van der Waals surface area contributed by atoms with Crippen LogP contribution in [0.2, 0.25) is 0 Å². The predicted octanol–water partition coefficient (Wildman–Crippen LogP) is 5.99. The number of nitrogens with zero attached hydrogens (tertiary/aromatic N) is 3. The fourth-order valence-electron chi connectivity index (χ4n) is 3.74. The van der Waals surface area contributed by atoms with Crippen molar-refractivity contribution in [2.75, 3.05) is 12.4 Å². The maximum absolute atomic E-state index is 12.7. The smallest absolute Gasteiger partial charge is 0.270 e. The number of thioether (sulfide) groups is 1. The second-order valence-corrected chi connectivity index (χ2v) is 10.3. The molecular formula is C29H21N5O3S2. The lowest BCUT2D eigenvalue weighted by Crippen LogP contribution is -2.14. The number of nitriles is 1. The Morgan fingerprint density at radius 1 is 1.10 bits per heavy atom. The lowest BCUT2D eigenvalue weighted by atomic mass is 10.1. The topological polar surface area (TPSA) is 121 Å². The van der Waals surface area contributed by atoms with Crippen LogP contribution in [0, 0.1) is 11.3 Å². The van der Waals surface area contributed by atoms with Crippen LogP contribution in [0.5, 0.6) is 5.75 Å². The van der Waals surface area contributed by atoms with Gasteiger partial charge in [0.1, 0.15) is 17.4 Å². The first kappa shape index (κ1) is 25.9.